The van der Waals surface area contributed by atoms with E-state index in [9.17, 15) is 18.0 Å². The van der Waals surface area contributed by atoms with Crippen LogP contribution in [0.3, 0.4) is 0 Å². The first-order valence-electron chi connectivity index (χ1n) is 8.70. The highest BCUT2D eigenvalue weighted by Crippen LogP contribution is 2.46. The first kappa shape index (κ1) is 17.1. The van der Waals surface area contributed by atoms with Crippen molar-refractivity contribution in [1.82, 2.24) is 19.6 Å². The number of aromatic nitrogens is 2. The number of hydrogen-bond donors (Lipinski definition) is 0. The summed E-state index contributed by atoms with van der Waals surface area (Å²) in [6.45, 7) is 3.00. The van der Waals surface area contributed by atoms with E-state index < -0.39 is 11.9 Å². The average molecular weight is 377 g/mol. The number of piperazine rings is 1. The van der Waals surface area contributed by atoms with Gasteiger partial charge in [-0.25, -0.2) is 0 Å². The molecule has 2 aliphatic heterocycles. The molecule has 2 saturated heterocycles. The van der Waals surface area contributed by atoms with Crippen LogP contribution in [0.5, 0.6) is 0 Å². The second kappa shape index (κ2) is 6.16. The highest BCUT2D eigenvalue weighted by molar-refractivity contribution is 6.32. The number of amides is 1. The maximum absolute atomic E-state index is 13.1. The number of carbonyl (C=O) groups is 1. The summed E-state index contributed by atoms with van der Waals surface area (Å²) in [5.74, 6) is -0.197. The second-order valence-corrected chi connectivity index (χ2v) is 7.53. The second-order valence-electron chi connectivity index (χ2n) is 7.15. The van der Waals surface area contributed by atoms with Crippen LogP contribution in [-0.2, 0) is 17.5 Å². The molecule has 1 atom stereocenters. The van der Waals surface area contributed by atoms with Crippen LogP contribution in [0, 0.1) is 0 Å². The van der Waals surface area contributed by atoms with Gasteiger partial charge < -0.3 is 4.90 Å². The smallest absolute Gasteiger partial charge is 0.338 e. The van der Waals surface area contributed by atoms with E-state index in [1.54, 1.807) is 4.90 Å². The van der Waals surface area contributed by atoms with E-state index in [1.807, 2.05) is 0 Å². The van der Waals surface area contributed by atoms with Crippen molar-refractivity contribution < 1.29 is 18.0 Å². The van der Waals surface area contributed by atoms with E-state index in [0.29, 0.717) is 24.8 Å². The van der Waals surface area contributed by atoms with Crippen molar-refractivity contribution in [1.29, 1.82) is 0 Å². The van der Waals surface area contributed by atoms with Crippen LogP contribution in [0.1, 0.15) is 43.0 Å². The summed E-state index contributed by atoms with van der Waals surface area (Å²) < 4.78 is 40.5. The van der Waals surface area contributed by atoms with E-state index in [4.69, 9.17) is 11.6 Å². The summed E-state index contributed by atoms with van der Waals surface area (Å²) in [5.41, 5.74) is -0.716. The van der Waals surface area contributed by atoms with E-state index in [0.717, 1.165) is 38.8 Å². The molecular formula is C16H20ClF3N4O. The summed E-state index contributed by atoms with van der Waals surface area (Å²) in [5, 5.41) is 3.30. The molecule has 1 aromatic heterocycles. The molecule has 0 radical (unpaired) electrons. The molecule has 1 unspecified atom stereocenters. The van der Waals surface area contributed by atoms with Crippen LogP contribution in [0.25, 0.3) is 0 Å². The van der Waals surface area contributed by atoms with E-state index >= 15 is 0 Å². The van der Waals surface area contributed by atoms with Crippen molar-refractivity contribution in [3.63, 3.8) is 0 Å². The lowest BCUT2D eigenvalue weighted by Gasteiger charge is -2.37. The third-order valence-corrected chi connectivity index (χ3v) is 5.76. The molecule has 9 heteroatoms. The van der Waals surface area contributed by atoms with Gasteiger partial charge >= 0.3 is 6.18 Å². The van der Waals surface area contributed by atoms with Gasteiger partial charge in [-0.05, 0) is 32.2 Å². The van der Waals surface area contributed by atoms with Crippen LogP contribution in [0.2, 0.25) is 5.02 Å². The van der Waals surface area contributed by atoms with Gasteiger partial charge in [0.05, 0.1) is 10.7 Å². The van der Waals surface area contributed by atoms with Crippen molar-refractivity contribution in [2.45, 2.75) is 50.4 Å². The molecule has 1 saturated carbocycles. The Morgan fingerprint density at radius 3 is 2.64 bits per heavy atom. The van der Waals surface area contributed by atoms with Crippen LogP contribution < -0.4 is 0 Å². The fraction of sp³-hybridized carbons (Fsp3) is 0.750. The number of hydrogen-bond acceptors (Lipinski definition) is 3. The minimum Gasteiger partial charge on any atom is -0.338 e. The molecule has 1 aromatic rings. The van der Waals surface area contributed by atoms with Crippen molar-refractivity contribution in [3.8, 4) is 0 Å². The highest BCUT2D eigenvalue weighted by Gasteiger charge is 2.42. The zero-order chi connectivity index (χ0) is 17.8. The lowest BCUT2D eigenvalue weighted by molar-refractivity contribution is -0.142. The van der Waals surface area contributed by atoms with Crippen LogP contribution in [0.15, 0.2) is 0 Å². The lowest BCUT2D eigenvalue weighted by atomic mass is 10.1. The van der Waals surface area contributed by atoms with E-state index in [-0.39, 0.29) is 23.4 Å². The molecule has 0 aromatic carbocycles. The Morgan fingerprint density at radius 2 is 1.96 bits per heavy atom. The van der Waals surface area contributed by atoms with Crippen LogP contribution >= 0.6 is 11.6 Å². The number of halogens is 4. The zero-order valence-electron chi connectivity index (χ0n) is 13.7. The summed E-state index contributed by atoms with van der Waals surface area (Å²) in [6, 6.07) is 0.382. The average Bonchev–Trinajstić information content (AvgIpc) is 3.16. The maximum atomic E-state index is 13.1. The highest BCUT2D eigenvalue weighted by atomic mass is 35.5. The topological polar surface area (TPSA) is 41.4 Å². The summed E-state index contributed by atoms with van der Waals surface area (Å²) in [6.07, 6.45) is -0.815. The maximum Gasteiger partial charge on any atom is 0.436 e. The molecule has 25 heavy (non-hydrogen) atoms. The van der Waals surface area contributed by atoms with Gasteiger partial charge in [0.1, 0.15) is 6.54 Å². The third-order valence-electron chi connectivity index (χ3n) is 5.39. The predicted molar refractivity (Wildman–Crippen MR) is 85.4 cm³/mol. The van der Waals surface area contributed by atoms with Gasteiger partial charge in [-0.3, -0.25) is 14.4 Å². The monoisotopic (exact) mass is 376 g/mol. The molecule has 138 valence electrons. The number of nitrogens with zero attached hydrogens (tertiary/aromatic N) is 4. The first-order valence-corrected chi connectivity index (χ1v) is 9.07. The predicted octanol–water partition coefficient (Wildman–Crippen LogP) is 2.74. The summed E-state index contributed by atoms with van der Waals surface area (Å²) >= 11 is 5.96. The quantitative estimate of drug-likeness (QED) is 0.814. The summed E-state index contributed by atoms with van der Waals surface area (Å²) in [4.78, 5) is 16.8. The van der Waals surface area contributed by atoms with Crippen molar-refractivity contribution >= 4 is 17.5 Å². The normalized spacial score (nSPS) is 24.6. The van der Waals surface area contributed by atoms with Crippen molar-refractivity contribution in [2.24, 2.45) is 0 Å². The lowest BCUT2D eigenvalue weighted by Crippen LogP contribution is -2.52. The molecule has 0 spiro atoms. The molecule has 3 fully saturated rings. The van der Waals surface area contributed by atoms with Crippen LogP contribution in [0.4, 0.5) is 13.2 Å². The molecule has 4 rings (SSSR count). The molecule has 3 heterocycles. The Bertz CT molecular complexity index is 686. The molecule has 1 aliphatic carbocycles. The minimum atomic E-state index is -4.61. The Morgan fingerprint density at radius 1 is 1.20 bits per heavy atom. The number of rotatable bonds is 3. The molecular weight excluding hydrogens is 357 g/mol. The number of carbonyl (C=O) groups excluding carboxylic acids is 1. The van der Waals surface area contributed by atoms with E-state index in [2.05, 4.69) is 10.00 Å². The Labute approximate surface area is 148 Å². The van der Waals surface area contributed by atoms with Gasteiger partial charge in [0.2, 0.25) is 5.91 Å². The van der Waals surface area contributed by atoms with Gasteiger partial charge in [0.25, 0.3) is 0 Å². The fourth-order valence-electron chi connectivity index (χ4n) is 3.95. The zero-order valence-corrected chi connectivity index (χ0v) is 14.5. The molecule has 0 bridgehead atoms. The fourth-order valence-corrected chi connectivity index (χ4v) is 4.34. The van der Waals surface area contributed by atoms with Gasteiger partial charge in [-0.15, -0.1) is 0 Å². The molecule has 3 aliphatic rings. The van der Waals surface area contributed by atoms with Crippen molar-refractivity contribution in [3.05, 3.63) is 16.4 Å². The standard InChI is InChI=1S/C16H20ClF3N4O/c17-13-14(10-3-4-10)24(21-15(13)16(18,19)20)9-12(25)23-7-6-22-5-1-2-11(22)8-23/h10-11H,1-9H2. The van der Waals surface area contributed by atoms with Crippen LogP contribution in [-0.4, -0.2) is 57.7 Å². The van der Waals surface area contributed by atoms with Crippen molar-refractivity contribution in [2.75, 3.05) is 26.2 Å². The van der Waals surface area contributed by atoms with Gasteiger partial charge in [-0.1, -0.05) is 11.6 Å². The SMILES string of the molecule is O=C(Cn1nc(C(F)(F)F)c(Cl)c1C1CC1)N1CCN2CCCC2C1. The van der Waals surface area contributed by atoms with Gasteiger partial charge in [0, 0.05) is 31.6 Å². The molecule has 5 nitrogen and oxygen atoms in total. The van der Waals surface area contributed by atoms with E-state index in [1.165, 1.54) is 4.68 Å². The Hall–Kier alpha value is -1.28. The number of alkyl halides is 3. The Balaban J connectivity index is 1.53. The summed E-state index contributed by atoms with van der Waals surface area (Å²) in [7, 11) is 0. The number of fused-ring (bicyclic) bond motifs is 1. The van der Waals surface area contributed by atoms with Gasteiger partial charge in [-0.2, -0.15) is 18.3 Å². The first-order chi connectivity index (χ1) is 11.8. The Kier molecular flexibility index (Phi) is 4.22. The molecule has 1 amide bonds. The van der Waals surface area contributed by atoms with Gasteiger partial charge in [0.15, 0.2) is 5.69 Å². The largest absolute Gasteiger partial charge is 0.436 e. The third kappa shape index (κ3) is 3.26. The molecule has 0 N–H and O–H groups in total. The minimum absolute atomic E-state index is 0.0180.